The van der Waals surface area contributed by atoms with Crippen molar-refractivity contribution in [1.82, 2.24) is 4.90 Å². The maximum atomic E-state index is 13.5. The third kappa shape index (κ3) is 4.13. The Kier molecular flexibility index (Phi) is 5.40. The van der Waals surface area contributed by atoms with Gasteiger partial charge in [0.15, 0.2) is 0 Å². The molecule has 0 saturated carbocycles. The highest BCUT2D eigenvalue weighted by Gasteiger charge is 2.25. The second-order valence-electron chi connectivity index (χ2n) is 7.77. The summed E-state index contributed by atoms with van der Waals surface area (Å²) in [5, 5.41) is 2.87. The quantitative estimate of drug-likeness (QED) is 0.672. The number of benzene rings is 2. The number of anilines is 1. The Balaban J connectivity index is 1.48. The molecule has 1 aliphatic heterocycles. The highest BCUT2D eigenvalue weighted by atomic mass is 19.1. The molecule has 0 unspecified atom stereocenters. The van der Waals surface area contributed by atoms with Gasteiger partial charge in [0, 0.05) is 47.8 Å². The summed E-state index contributed by atoms with van der Waals surface area (Å²) in [5.74, 6) is 0.872. The van der Waals surface area contributed by atoms with Crippen molar-refractivity contribution in [1.29, 1.82) is 0 Å². The minimum absolute atomic E-state index is 0.0285. The van der Waals surface area contributed by atoms with Crippen molar-refractivity contribution in [3.8, 4) is 11.3 Å². The molecule has 4 rings (SSSR count). The van der Waals surface area contributed by atoms with Crippen molar-refractivity contribution < 1.29 is 18.4 Å². The molecule has 1 aromatic heterocycles. The summed E-state index contributed by atoms with van der Waals surface area (Å²) < 4.78 is 19.5. The standard InChI is InChI=1S/C24H23FN2O3/c1-15(2)23(28)26-20-8-6-16(7-9-20)22-13-18-14-27(11-10-21(18)30-22)24(29)17-4-3-5-19(25)12-17/h3-9,12-13,15H,10-11,14H2,1-2H3,(H,26,28). The number of furan rings is 1. The Morgan fingerprint density at radius 2 is 1.87 bits per heavy atom. The van der Waals surface area contributed by atoms with Crippen molar-refractivity contribution in [2.24, 2.45) is 5.92 Å². The number of fused-ring (bicyclic) bond motifs is 1. The van der Waals surface area contributed by atoms with E-state index < -0.39 is 5.82 Å². The fraction of sp³-hybridized carbons (Fsp3) is 0.250. The molecule has 3 aromatic rings. The van der Waals surface area contributed by atoms with E-state index in [2.05, 4.69) is 5.32 Å². The lowest BCUT2D eigenvalue weighted by Gasteiger charge is -2.26. The number of carbonyl (C=O) groups excluding carboxylic acids is 2. The summed E-state index contributed by atoms with van der Waals surface area (Å²) in [6.45, 7) is 4.64. The van der Waals surface area contributed by atoms with Crippen LogP contribution in [0.3, 0.4) is 0 Å². The number of hydrogen-bond acceptors (Lipinski definition) is 3. The number of amides is 2. The number of rotatable bonds is 4. The molecular weight excluding hydrogens is 383 g/mol. The molecule has 2 heterocycles. The van der Waals surface area contributed by atoms with Gasteiger partial charge in [-0.05, 0) is 48.5 Å². The van der Waals surface area contributed by atoms with Gasteiger partial charge >= 0.3 is 0 Å². The molecule has 1 N–H and O–H groups in total. The van der Waals surface area contributed by atoms with E-state index in [4.69, 9.17) is 4.42 Å². The highest BCUT2D eigenvalue weighted by molar-refractivity contribution is 5.94. The summed E-state index contributed by atoms with van der Waals surface area (Å²) in [4.78, 5) is 26.2. The van der Waals surface area contributed by atoms with Crippen LogP contribution in [0.25, 0.3) is 11.3 Å². The first kappa shape index (κ1) is 19.9. The molecule has 6 heteroatoms. The molecule has 30 heavy (non-hydrogen) atoms. The molecule has 0 radical (unpaired) electrons. The Morgan fingerprint density at radius 3 is 2.57 bits per heavy atom. The fourth-order valence-electron chi connectivity index (χ4n) is 3.46. The first-order valence-electron chi connectivity index (χ1n) is 9.98. The maximum Gasteiger partial charge on any atom is 0.254 e. The van der Waals surface area contributed by atoms with Gasteiger partial charge in [-0.15, -0.1) is 0 Å². The van der Waals surface area contributed by atoms with Crippen LogP contribution >= 0.6 is 0 Å². The van der Waals surface area contributed by atoms with Crippen LogP contribution in [0.1, 0.15) is 35.5 Å². The molecule has 154 valence electrons. The molecule has 0 spiro atoms. The van der Waals surface area contributed by atoms with E-state index in [1.165, 1.54) is 12.1 Å². The monoisotopic (exact) mass is 406 g/mol. The minimum Gasteiger partial charge on any atom is -0.461 e. The Morgan fingerprint density at radius 1 is 1.10 bits per heavy atom. The zero-order valence-electron chi connectivity index (χ0n) is 16.9. The number of nitrogens with zero attached hydrogens (tertiary/aromatic N) is 1. The largest absolute Gasteiger partial charge is 0.461 e. The van der Waals surface area contributed by atoms with E-state index in [-0.39, 0.29) is 17.7 Å². The van der Waals surface area contributed by atoms with Crippen LogP contribution in [0.5, 0.6) is 0 Å². The van der Waals surface area contributed by atoms with Gasteiger partial charge in [-0.25, -0.2) is 4.39 Å². The van der Waals surface area contributed by atoms with E-state index >= 15 is 0 Å². The fourth-order valence-corrected chi connectivity index (χ4v) is 3.46. The third-order valence-corrected chi connectivity index (χ3v) is 5.19. The molecule has 2 amide bonds. The predicted octanol–water partition coefficient (Wildman–Crippen LogP) is 4.88. The summed E-state index contributed by atoms with van der Waals surface area (Å²) in [7, 11) is 0. The zero-order valence-corrected chi connectivity index (χ0v) is 16.9. The van der Waals surface area contributed by atoms with Crippen molar-refractivity contribution in [3.05, 3.63) is 77.3 Å². The van der Waals surface area contributed by atoms with Crippen LogP contribution in [0.15, 0.2) is 59.0 Å². The number of carbonyl (C=O) groups is 2. The predicted molar refractivity (Wildman–Crippen MR) is 112 cm³/mol. The Bertz CT molecular complexity index is 1090. The van der Waals surface area contributed by atoms with E-state index in [9.17, 15) is 14.0 Å². The van der Waals surface area contributed by atoms with E-state index in [0.29, 0.717) is 25.1 Å². The smallest absolute Gasteiger partial charge is 0.254 e. The Hall–Kier alpha value is -3.41. The van der Waals surface area contributed by atoms with Crippen LogP contribution in [0.2, 0.25) is 0 Å². The van der Waals surface area contributed by atoms with Crippen molar-refractivity contribution >= 4 is 17.5 Å². The number of nitrogens with one attached hydrogen (secondary N) is 1. The lowest BCUT2D eigenvalue weighted by atomic mass is 10.1. The van der Waals surface area contributed by atoms with Crippen LogP contribution in [-0.2, 0) is 17.8 Å². The summed E-state index contributed by atoms with van der Waals surface area (Å²) in [6, 6.07) is 15.2. The van der Waals surface area contributed by atoms with Gasteiger partial charge in [0.2, 0.25) is 5.91 Å². The van der Waals surface area contributed by atoms with Crippen molar-refractivity contribution in [2.45, 2.75) is 26.8 Å². The minimum atomic E-state index is -0.419. The van der Waals surface area contributed by atoms with Crippen LogP contribution < -0.4 is 5.32 Å². The summed E-state index contributed by atoms with van der Waals surface area (Å²) in [5.41, 5.74) is 2.94. The molecule has 5 nitrogen and oxygen atoms in total. The molecule has 1 aliphatic rings. The van der Waals surface area contributed by atoms with Gasteiger partial charge in [-0.3, -0.25) is 9.59 Å². The first-order valence-corrected chi connectivity index (χ1v) is 9.98. The van der Waals surface area contributed by atoms with E-state index in [1.807, 2.05) is 44.2 Å². The average Bonchev–Trinajstić information content (AvgIpc) is 3.17. The highest BCUT2D eigenvalue weighted by Crippen LogP contribution is 2.31. The van der Waals surface area contributed by atoms with Crippen LogP contribution in [0.4, 0.5) is 10.1 Å². The second-order valence-corrected chi connectivity index (χ2v) is 7.77. The Labute approximate surface area is 174 Å². The normalized spacial score (nSPS) is 13.3. The first-order chi connectivity index (χ1) is 14.4. The van der Waals surface area contributed by atoms with Crippen molar-refractivity contribution in [3.63, 3.8) is 0 Å². The summed E-state index contributed by atoms with van der Waals surface area (Å²) in [6.07, 6.45) is 0.610. The molecule has 0 fully saturated rings. The van der Waals surface area contributed by atoms with E-state index in [1.54, 1.807) is 17.0 Å². The second kappa shape index (κ2) is 8.14. The van der Waals surface area contributed by atoms with Gasteiger partial charge < -0.3 is 14.6 Å². The van der Waals surface area contributed by atoms with Gasteiger partial charge in [-0.1, -0.05) is 19.9 Å². The van der Waals surface area contributed by atoms with Crippen molar-refractivity contribution in [2.75, 3.05) is 11.9 Å². The number of halogens is 1. The SMILES string of the molecule is CC(C)C(=O)Nc1ccc(-c2cc3c(o2)CCN(C(=O)c2cccc(F)c2)C3)cc1. The van der Waals surface area contributed by atoms with Crippen LogP contribution in [-0.4, -0.2) is 23.3 Å². The van der Waals surface area contributed by atoms with Crippen LogP contribution in [0, 0.1) is 11.7 Å². The lowest BCUT2D eigenvalue weighted by molar-refractivity contribution is -0.118. The van der Waals surface area contributed by atoms with Gasteiger partial charge in [0.05, 0.1) is 0 Å². The molecule has 0 bridgehead atoms. The maximum absolute atomic E-state index is 13.5. The van der Waals surface area contributed by atoms with E-state index in [0.717, 1.165) is 28.3 Å². The number of hydrogen-bond donors (Lipinski definition) is 1. The van der Waals surface area contributed by atoms with Gasteiger partial charge in [0.25, 0.3) is 5.91 Å². The van der Waals surface area contributed by atoms with Gasteiger partial charge in [-0.2, -0.15) is 0 Å². The zero-order chi connectivity index (χ0) is 21.3. The summed E-state index contributed by atoms with van der Waals surface area (Å²) >= 11 is 0. The average molecular weight is 406 g/mol. The lowest BCUT2D eigenvalue weighted by Crippen LogP contribution is -2.35. The third-order valence-electron chi connectivity index (χ3n) is 5.19. The topological polar surface area (TPSA) is 62.6 Å². The molecule has 0 aliphatic carbocycles. The molecule has 2 aromatic carbocycles. The molecular formula is C24H23FN2O3. The molecule has 0 saturated heterocycles. The molecule has 0 atom stereocenters. The van der Waals surface area contributed by atoms with Gasteiger partial charge in [0.1, 0.15) is 17.3 Å².